The van der Waals surface area contributed by atoms with E-state index in [4.69, 9.17) is 5.11 Å². The summed E-state index contributed by atoms with van der Waals surface area (Å²) in [6.07, 6.45) is 0. The molecule has 92 valence electrons. The molecule has 0 radical (unpaired) electrons. The van der Waals surface area contributed by atoms with Crippen LogP contribution in [0.3, 0.4) is 0 Å². The largest absolute Gasteiger partial charge is 0.477 e. The van der Waals surface area contributed by atoms with Crippen molar-refractivity contribution >= 4 is 23.3 Å². The minimum absolute atomic E-state index is 0.476. The van der Waals surface area contributed by atoms with E-state index in [1.807, 2.05) is 5.18 Å². The maximum absolute atomic E-state index is 11.0. The van der Waals surface area contributed by atoms with Crippen molar-refractivity contribution in [3.05, 3.63) is 43.2 Å². The van der Waals surface area contributed by atoms with E-state index in [0.29, 0.717) is 12.1 Å². The number of nitrogens with zero attached hydrogens (tertiary/aromatic N) is 3. The lowest BCUT2D eigenvalue weighted by atomic mass is 10.1. The van der Waals surface area contributed by atoms with E-state index in [9.17, 15) is 29.5 Å². The molecule has 0 atom stereocenters. The van der Waals surface area contributed by atoms with E-state index in [1.165, 1.54) is 0 Å². The van der Waals surface area contributed by atoms with Crippen LogP contribution >= 0.6 is 0 Å². The molecule has 0 aliphatic heterocycles. The number of nitro groups is 1. The molecule has 0 saturated heterocycles. The Balaban J connectivity index is 3.66. The van der Waals surface area contributed by atoms with Gasteiger partial charge in [-0.05, 0) is 11.2 Å². The lowest BCUT2D eigenvalue weighted by Crippen LogP contribution is -2.05. The second-order valence-electron chi connectivity index (χ2n) is 2.94. The van der Waals surface area contributed by atoms with E-state index < -0.39 is 39.3 Å². The van der Waals surface area contributed by atoms with Gasteiger partial charge in [-0.25, -0.2) is 4.79 Å². The molecule has 0 aromatic heterocycles. The summed E-state index contributed by atoms with van der Waals surface area (Å²) < 4.78 is 0. The molecule has 0 unspecified atom stereocenters. The molecule has 0 fully saturated rings. The third kappa shape index (κ3) is 2.21. The summed E-state index contributed by atoms with van der Waals surface area (Å²) in [4.78, 5) is 51.7. The fourth-order valence-corrected chi connectivity index (χ4v) is 1.20. The summed E-state index contributed by atoms with van der Waals surface area (Å²) in [6.45, 7) is 0. The number of benzene rings is 1. The molecule has 0 bridgehead atoms. The van der Waals surface area contributed by atoms with Gasteiger partial charge in [-0.3, -0.25) is 14.9 Å². The van der Waals surface area contributed by atoms with Crippen molar-refractivity contribution in [3.63, 3.8) is 0 Å². The van der Waals surface area contributed by atoms with E-state index in [0.717, 1.165) is 0 Å². The average Bonchev–Trinajstić information content (AvgIpc) is 2.35. The standard InChI is InChI=1S/C8H3N3O7/c12-7(10-16)3-2-6(11(17)18)4(8(13)14)1-5(3)9-15/h1-2H,(H,13,14). The van der Waals surface area contributed by atoms with Crippen molar-refractivity contribution < 1.29 is 19.6 Å². The van der Waals surface area contributed by atoms with Gasteiger partial charge < -0.3 is 5.11 Å². The van der Waals surface area contributed by atoms with Crippen LogP contribution in [0.1, 0.15) is 20.7 Å². The first-order valence-corrected chi connectivity index (χ1v) is 4.19. The molecule has 1 N–H and O–H groups in total. The second kappa shape index (κ2) is 4.86. The molecular weight excluding hydrogens is 250 g/mol. The van der Waals surface area contributed by atoms with Crippen LogP contribution in [0, 0.1) is 19.9 Å². The monoisotopic (exact) mass is 253 g/mol. The predicted octanol–water partition coefficient (Wildman–Crippen LogP) is 1.60. The first-order chi connectivity index (χ1) is 8.42. The number of nitroso groups, excluding NO2 is 2. The molecule has 1 rings (SSSR count). The summed E-state index contributed by atoms with van der Waals surface area (Å²) in [6, 6.07) is 1.01. The molecule has 1 aromatic rings. The van der Waals surface area contributed by atoms with Crippen LogP contribution in [-0.4, -0.2) is 21.9 Å². The van der Waals surface area contributed by atoms with Crippen molar-refractivity contribution in [2.45, 2.75) is 0 Å². The van der Waals surface area contributed by atoms with E-state index >= 15 is 0 Å². The number of nitro benzene ring substituents is 1. The van der Waals surface area contributed by atoms with Gasteiger partial charge in [-0.15, -0.1) is 9.81 Å². The first-order valence-electron chi connectivity index (χ1n) is 4.19. The van der Waals surface area contributed by atoms with Crippen molar-refractivity contribution in [1.82, 2.24) is 0 Å². The number of carbonyl (C=O) groups excluding carboxylic acids is 1. The van der Waals surface area contributed by atoms with E-state index in [2.05, 4.69) is 5.18 Å². The zero-order valence-corrected chi connectivity index (χ0v) is 8.39. The zero-order chi connectivity index (χ0) is 13.9. The maximum atomic E-state index is 11.0. The fraction of sp³-hybridized carbons (Fsp3) is 0. The van der Waals surface area contributed by atoms with Gasteiger partial charge in [0.2, 0.25) is 0 Å². The van der Waals surface area contributed by atoms with E-state index in [-0.39, 0.29) is 0 Å². The number of hydrogen-bond acceptors (Lipinski definition) is 7. The van der Waals surface area contributed by atoms with Gasteiger partial charge in [-0.2, -0.15) is 0 Å². The Morgan fingerprint density at radius 1 is 1.22 bits per heavy atom. The summed E-state index contributed by atoms with van der Waals surface area (Å²) in [5, 5.41) is 23.6. The van der Waals surface area contributed by atoms with Crippen LogP contribution < -0.4 is 0 Å². The Morgan fingerprint density at radius 3 is 2.22 bits per heavy atom. The van der Waals surface area contributed by atoms with Crippen molar-refractivity contribution in [2.75, 3.05) is 0 Å². The number of carboxylic acid groups (broad SMARTS) is 1. The summed E-state index contributed by atoms with van der Waals surface area (Å²) in [5.74, 6) is -3.13. The van der Waals surface area contributed by atoms with Gasteiger partial charge in [0, 0.05) is 11.2 Å². The third-order valence-electron chi connectivity index (χ3n) is 1.95. The smallest absolute Gasteiger partial charge is 0.342 e. The lowest BCUT2D eigenvalue weighted by Gasteiger charge is -2.01. The molecule has 1 aromatic carbocycles. The Hall–Kier alpha value is -3.04. The Labute approximate surface area is 97.3 Å². The normalized spacial score (nSPS) is 9.56. The number of carbonyl (C=O) groups is 2. The quantitative estimate of drug-likeness (QED) is 0.484. The number of amides is 1. The highest BCUT2D eigenvalue weighted by molar-refractivity contribution is 6.03. The van der Waals surface area contributed by atoms with Crippen LogP contribution in [0.15, 0.2) is 22.5 Å². The minimum Gasteiger partial charge on any atom is -0.477 e. The zero-order valence-electron chi connectivity index (χ0n) is 8.39. The van der Waals surface area contributed by atoms with Crippen LogP contribution in [0.25, 0.3) is 0 Å². The number of hydrogen-bond donors (Lipinski definition) is 1. The third-order valence-corrected chi connectivity index (χ3v) is 1.95. The predicted molar refractivity (Wildman–Crippen MR) is 55.6 cm³/mol. The van der Waals surface area contributed by atoms with Crippen molar-refractivity contribution in [1.29, 1.82) is 0 Å². The molecule has 10 heteroatoms. The summed E-state index contributed by atoms with van der Waals surface area (Å²) >= 11 is 0. The molecule has 0 spiro atoms. The van der Waals surface area contributed by atoms with Gasteiger partial charge in [0.05, 0.1) is 10.5 Å². The molecule has 10 nitrogen and oxygen atoms in total. The number of rotatable bonds is 4. The molecule has 0 aliphatic carbocycles. The highest BCUT2D eigenvalue weighted by atomic mass is 16.6. The topological polar surface area (TPSA) is 156 Å². The molecule has 1 amide bonds. The first kappa shape index (κ1) is 13.0. The molecule has 0 aliphatic rings. The highest BCUT2D eigenvalue weighted by Gasteiger charge is 2.26. The molecule has 0 heterocycles. The molecular formula is C8H3N3O7. The van der Waals surface area contributed by atoms with Gasteiger partial charge in [0.15, 0.2) is 0 Å². The number of aromatic carboxylic acids is 1. The van der Waals surface area contributed by atoms with Gasteiger partial charge >= 0.3 is 11.9 Å². The van der Waals surface area contributed by atoms with Crippen molar-refractivity contribution in [2.24, 2.45) is 10.4 Å². The Morgan fingerprint density at radius 2 is 1.83 bits per heavy atom. The fourth-order valence-electron chi connectivity index (χ4n) is 1.20. The summed E-state index contributed by atoms with van der Waals surface area (Å²) in [5.41, 5.74) is -3.20. The van der Waals surface area contributed by atoms with Gasteiger partial charge in [0.1, 0.15) is 11.3 Å². The average molecular weight is 253 g/mol. The van der Waals surface area contributed by atoms with Crippen LogP contribution in [0.4, 0.5) is 11.4 Å². The molecule has 18 heavy (non-hydrogen) atoms. The van der Waals surface area contributed by atoms with Crippen LogP contribution in [-0.2, 0) is 0 Å². The highest BCUT2D eigenvalue weighted by Crippen LogP contribution is 2.29. The SMILES string of the molecule is O=NC(=O)c1cc([N+](=O)[O-])c(C(=O)O)cc1N=O. The lowest BCUT2D eigenvalue weighted by molar-refractivity contribution is -0.385. The maximum Gasteiger partial charge on any atom is 0.342 e. The van der Waals surface area contributed by atoms with Crippen molar-refractivity contribution in [3.8, 4) is 0 Å². The van der Waals surface area contributed by atoms with Crippen LogP contribution in [0.5, 0.6) is 0 Å². The van der Waals surface area contributed by atoms with Gasteiger partial charge in [0.25, 0.3) is 5.69 Å². The van der Waals surface area contributed by atoms with E-state index in [1.54, 1.807) is 0 Å². The summed E-state index contributed by atoms with van der Waals surface area (Å²) in [7, 11) is 0. The Bertz CT molecular complexity index is 580. The van der Waals surface area contributed by atoms with Gasteiger partial charge in [-0.1, -0.05) is 0 Å². The minimum atomic E-state index is -1.68. The Kier molecular flexibility index (Phi) is 3.52. The second-order valence-corrected chi connectivity index (χ2v) is 2.94. The molecule has 0 saturated carbocycles. The van der Waals surface area contributed by atoms with Crippen LogP contribution in [0.2, 0.25) is 0 Å². The number of carboxylic acids is 1.